The molecule has 10 rings (SSSR count). The Labute approximate surface area is 257 Å². The number of fused-ring (bicyclic) bond motifs is 9. The van der Waals surface area contributed by atoms with E-state index in [1.54, 1.807) is 0 Å². The Bertz CT molecular complexity index is 2320. The van der Waals surface area contributed by atoms with Crippen molar-refractivity contribution in [3.63, 3.8) is 0 Å². The molecule has 208 valence electrons. The van der Waals surface area contributed by atoms with Crippen LogP contribution in [0.4, 0.5) is 0 Å². The van der Waals surface area contributed by atoms with E-state index in [9.17, 15) is 0 Å². The fourth-order valence-electron chi connectivity index (χ4n) is 8.44. The quantitative estimate of drug-likeness (QED) is 0.205. The summed E-state index contributed by atoms with van der Waals surface area (Å²) in [4.78, 5) is 0. The number of aryl methyl sites for hydroxylation is 2. The van der Waals surface area contributed by atoms with Gasteiger partial charge in [-0.3, -0.25) is 0 Å². The van der Waals surface area contributed by atoms with Gasteiger partial charge in [-0.25, -0.2) is 0 Å². The summed E-state index contributed by atoms with van der Waals surface area (Å²) in [5.41, 5.74) is 18.3. The van der Waals surface area contributed by atoms with Crippen molar-refractivity contribution in [1.29, 1.82) is 0 Å². The molecule has 0 amide bonds. The number of furan rings is 1. The molecule has 4 aliphatic carbocycles. The predicted octanol–water partition coefficient (Wildman–Crippen LogP) is 11.1. The zero-order valence-corrected chi connectivity index (χ0v) is 24.4. The first-order valence-electron chi connectivity index (χ1n) is 15.9. The highest BCUT2D eigenvalue weighted by Gasteiger charge is 2.40. The van der Waals surface area contributed by atoms with Gasteiger partial charge >= 0.3 is 0 Å². The molecule has 0 bridgehead atoms. The third kappa shape index (κ3) is 3.41. The summed E-state index contributed by atoms with van der Waals surface area (Å²) < 4.78 is 6.49. The molecule has 5 aromatic carbocycles. The van der Waals surface area contributed by atoms with Crippen LogP contribution in [0.1, 0.15) is 40.2 Å². The van der Waals surface area contributed by atoms with Crippen molar-refractivity contribution in [1.82, 2.24) is 0 Å². The molecule has 4 aliphatic rings. The highest BCUT2D eigenvalue weighted by molar-refractivity contribution is 6.13. The molecule has 0 saturated carbocycles. The molecule has 0 fully saturated rings. The Kier molecular flexibility index (Phi) is 5.07. The first-order chi connectivity index (χ1) is 21.8. The molecule has 0 aliphatic heterocycles. The van der Waals surface area contributed by atoms with Crippen LogP contribution in [-0.2, 0) is 12.8 Å². The van der Waals surface area contributed by atoms with E-state index in [0.717, 1.165) is 24.0 Å². The van der Waals surface area contributed by atoms with Gasteiger partial charge in [-0.2, -0.15) is 0 Å². The van der Waals surface area contributed by atoms with Crippen LogP contribution < -0.4 is 0 Å². The molecule has 0 radical (unpaired) electrons. The number of benzene rings is 5. The maximum atomic E-state index is 6.49. The number of hydrogen-bond donors (Lipinski definition) is 0. The standard InChI is InChI=1S/C43H30O/c1-2-11-30-26(8-1)9-5-10-27-18-19-28(24-38(27)30)29-20-23-40-39(25-29)43-36(16-7-17-41(43)44-40)33-21-22-37-32-13-4-3-12-31(32)34-14-6-15-35(33)42(34)37/h1-4,6-8,11-25,37,42H,5,9-10H2. The van der Waals surface area contributed by atoms with E-state index in [0.29, 0.717) is 11.8 Å². The lowest BCUT2D eigenvalue weighted by Gasteiger charge is -2.29. The first-order valence-corrected chi connectivity index (χ1v) is 15.9. The lowest BCUT2D eigenvalue weighted by molar-refractivity contribution is 0.669. The number of rotatable bonds is 2. The summed E-state index contributed by atoms with van der Waals surface area (Å²) in [5, 5.41) is 2.38. The second kappa shape index (κ2) is 9.18. The van der Waals surface area contributed by atoms with Gasteiger partial charge in [-0.05, 0) is 110 Å². The first kappa shape index (κ1) is 24.3. The third-order valence-electron chi connectivity index (χ3n) is 10.4. The molecule has 44 heavy (non-hydrogen) atoms. The van der Waals surface area contributed by atoms with Gasteiger partial charge in [0, 0.05) is 22.6 Å². The molecule has 1 nitrogen and oxygen atoms in total. The zero-order chi connectivity index (χ0) is 28.8. The van der Waals surface area contributed by atoms with Crippen molar-refractivity contribution in [3.8, 4) is 22.3 Å². The van der Waals surface area contributed by atoms with E-state index in [-0.39, 0.29) is 0 Å². The second-order valence-electron chi connectivity index (χ2n) is 12.7. The Hall–Kier alpha value is -5.14. The molecule has 0 saturated heterocycles. The Morgan fingerprint density at radius 2 is 1.41 bits per heavy atom. The van der Waals surface area contributed by atoms with Gasteiger partial charge in [0.2, 0.25) is 0 Å². The van der Waals surface area contributed by atoms with Gasteiger partial charge in [0.25, 0.3) is 0 Å². The van der Waals surface area contributed by atoms with Crippen molar-refractivity contribution in [3.05, 3.63) is 167 Å². The van der Waals surface area contributed by atoms with E-state index in [2.05, 4.69) is 134 Å². The molecule has 2 atom stereocenters. The lowest BCUT2D eigenvalue weighted by atomic mass is 9.74. The van der Waals surface area contributed by atoms with Gasteiger partial charge < -0.3 is 4.42 Å². The number of allylic oxidation sites excluding steroid dienone is 8. The molecule has 6 aromatic rings. The minimum atomic E-state index is 0.365. The third-order valence-corrected chi connectivity index (χ3v) is 10.4. The monoisotopic (exact) mass is 562 g/mol. The second-order valence-corrected chi connectivity index (χ2v) is 12.7. The van der Waals surface area contributed by atoms with E-state index >= 15 is 0 Å². The van der Waals surface area contributed by atoms with Gasteiger partial charge in [-0.1, -0.05) is 109 Å². The van der Waals surface area contributed by atoms with Crippen LogP contribution in [0.25, 0.3) is 55.3 Å². The molecule has 1 heterocycles. The maximum Gasteiger partial charge on any atom is 0.136 e. The normalized spacial score (nSPS) is 19.4. The molecule has 1 heteroatoms. The van der Waals surface area contributed by atoms with Gasteiger partial charge in [0.15, 0.2) is 0 Å². The largest absolute Gasteiger partial charge is 0.456 e. The van der Waals surface area contributed by atoms with Gasteiger partial charge in [-0.15, -0.1) is 0 Å². The molecule has 1 aromatic heterocycles. The molecule has 0 spiro atoms. The van der Waals surface area contributed by atoms with Crippen molar-refractivity contribution < 1.29 is 4.42 Å². The maximum absolute atomic E-state index is 6.49. The minimum absolute atomic E-state index is 0.365. The summed E-state index contributed by atoms with van der Waals surface area (Å²) in [6.45, 7) is 0. The van der Waals surface area contributed by atoms with Crippen molar-refractivity contribution >= 4 is 33.1 Å². The fraction of sp³-hybridized carbons (Fsp3) is 0.116. The zero-order valence-electron chi connectivity index (χ0n) is 24.4. The summed E-state index contributed by atoms with van der Waals surface area (Å²) in [5.74, 6) is 0.759. The summed E-state index contributed by atoms with van der Waals surface area (Å²) in [6, 6.07) is 38.2. The van der Waals surface area contributed by atoms with Crippen LogP contribution in [-0.4, -0.2) is 0 Å². The Balaban J connectivity index is 1.14. The lowest BCUT2D eigenvalue weighted by Crippen LogP contribution is -2.14. The SMILES string of the molecule is C1=CC2=C(c3cccc4oc5ccc(-c6ccc7c(c6)-c6ccccc6CCC7)cc5c34)C=CC3c4ccccc4C(=C1)C23. The van der Waals surface area contributed by atoms with Crippen LogP contribution in [0.3, 0.4) is 0 Å². The van der Waals surface area contributed by atoms with Crippen LogP contribution in [0.15, 0.2) is 143 Å². The van der Waals surface area contributed by atoms with E-state index in [1.165, 1.54) is 84.0 Å². The van der Waals surface area contributed by atoms with Crippen molar-refractivity contribution in [2.24, 2.45) is 5.92 Å². The molecular weight excluding hydrogens is 532 g/mol. The Morgan fingerprint density at radius 1 is 0.614 bits per heavy atom. The van der Waals surface area contributed by atoms with Crippen LogP contribution >= 0.6 is 0 Å². The summed E-state index contributed by atoms with van der Waals surface area (Å²) in [6.07, 6.45) is 15.2. The minimum Gasteiger partial charge on any atom is -0.456 e. The summed E-state index contributed by atoms with van der Waals surface area (Å²) in [7, 11) is 0. The van der Waals surface area contributed by atoms with E-state index < -0.39 is 0 Å². The van der Waals surface area contributed by atoms with Crippen LogP contribution in [0.5, 0.6) is 0 Å². The van der Waals surface area contributed by atoms with Crippen molar-refractivity contribution in [2.75, 3.05) is 0 Å². The number of hydrogen-bond acceptors (Lipinski definition) is 1. The summed E-state index contributed by atoms with van der Waals surface area (Å²) >= 11 is 0. The predicted molar refractivity (Wildman–Crippen MR) is 182 cm³/mol. The fourth-order valence-corrected chi connectivity index (χ4v) is 8.44. The smallest absolute Gasteiger partial charge is 0.136 e. The average Bonchev–Trinajstić information content (AvgIpc) is 3.55. The molecular formula is C43H30O. The van der Waals surface area contributed by atoms with Crippen LogP contribution in [0, 0.1) is 5.92 Å². The Morgan fingerprint density at radius 3 is 2.36 bits per heavy atom. The highest BCUT2D eigenvalue weighted by atomic mass is 16.3. The van der Waals surface area contributed by atoms with Crippen LogP contribution in [0.2, 0.25) is 0 Å². The highest BCUT2D eigenvalue weighted by Crippen LogP contribution is 2.56. The van der Waals surface area contributed by atoms with Gasteiger partial charge in [0.1, 0.15) is 11.2 Å². The topological polar surface area (TPSA) is 13.1 Å². The molecule has 2 unspecified atom stereocenters. The van der Waals surface area contributed by atoms with E-state index in [1.807, 2.05) is 0 Å². The average molecular weight is 563 g/mol. The van der Waals surface area contributed by atoms with E-state index in [4.69, 9.17) is 4.42 Å². The van der Waals surface area contributed by atoms with Crippen molar-refractivity contribution in [2.45, 2.75) is 25.2 Å². The van der Waals surface area contributed by atoms with Gasteiger partial charge in [0.05, 0.1) is 0 Å². The molecule has 0 N–H and O–H groups in total.